The van der Waals surface area contributed by atoms with Crippen LogP contribution in [0.5, 0.6) is 5.75 Å². The molecule has 8 heteroatoms. The third kappa shape index (κ3) is 4.98. The lowest BCUT2D eigenvalue weighted by atomic mass is 9.95. The maximum absolute atomic E-state index is 14.0. The van der Waals surface area contributed by atoms with Gasteiger partial charge in [0.05, 0.1) is 29.0 Å². The van der Waals surface area contributed by atoms with Crippen LogP contribution in [0.15, 0.2) is 99.9 Å². The molecule has 0 saturated carbocycles. The van der Waals surface area contributed by atoms with Crippen LogP contribution in [0, 0.1) is 0 Å². The van der Waals surface area contributed by atoms with E-state index >= 15 is 0 Å². The van der Waals surface area contributed by atoms with Crippen molar-refractivity contribution in [2.45, 2.75) is 25.8 Å². The van der Waals surface area contributed by atoms with Gasteiger partial charge < -0.3 is 15.0 Å². The number of rotatable bonds is 6. The number of para-hydroxylation sites is 1. The Bertz CT molecular complexity index is 1770. The topological polar surface area (TPSA) is 75.9 Å². The molecule has 0 spiro atoms. The van der Waals surface area contributed by atoms with Crippen molar-refractivity contribution in [2.75, 3.05) is 30.4 Å². The van der Waals surface area contributed by atoms with Gasteiger partial charge in [-0.15, -0.1) is 0 Å². The summed E-state index contributed by atoms with van der Waals surface area (Å²) in [6, 6.07) is 24.5. The number of nitrogens with one attached hydrogen (secondary N) is 1. The summed E-state index contributed by atoms with van der Waals surface area (Å²) in [7, 11) is 1.60. The van der Waals surface area contributed by atoms with Crippen LogP contribution in [0.1, 0.15) is 36.9 Å². The van der Waals surface area contributed by atoms with E-state index in [1.54, 1.807) is 11.7 Å². The van der Waals surface area contributed by atoms with Gasteiger partial charge in [0.25, 0.3) is 11.5 Å². The van der Waals surface area contributed by atoms with Crippen LogP contribution >= 0.6 is 11.3 Å². The van der Waals surface area contributed by atoms with Crippen LogP contribution in [0.2, 0.25) is 0 Å². The van der Waals surface area contributed by atoms with Crippen molar-refractivity contribution in [3.8, 4) is 5.75 Å². The summed E-state index contributed by atoms with van der Waals surface area (Å²) in [5.41, 5.74) is 4.41. The van der Waals surface area contributed by atoms with Crippen LogP contribution in [0.4, 0.5) is 11.4 Å². The predicted octanol–water partition coefficient (Wildman–Crippen LogP) is 4.48. The summed E-state index contributed by atoms with van der Waals surface area (Å²) < 4.78 is 7.68. The number of hydrogen-bond donors (Lipinski definition) is 1. The van der Waals surface area contributed by atoms with Gasteiger partial charge in [0.2, 0.25) is 0 Å². The molecule has 0 unspecified atom stereocenters. The number of carbonyl (C=O) groups is 1. The lowest BCUT2D eigenvalue weighted by molar-refractivity contribution is -0.113. The molecule has 4 aromatic rings. The molecule has 0 bridgehead atoms. The summed E-state index contributed by atoms with van der Waals surface area (Å²) in [4.78, 5) is 35.3. The van der Waals surface area contributed by atoms with Gasteiger partial charge in [-0.3, -0.25) is 14.2 Å². The summed E-state index contributed by atoms with van der Waals surface area (Å²) in [6.45, 7) is 3.99. The van der Waals surface area contributed by atoms with Gasteiger partial charge in [-0.25, -0.2) is 4.99 Å². The predicted molar refractivity (Wildman–Crippen MR) is 160 cm³/mol. The zero-order valence-corrected chi connectivity index (χ0v) is 23.3. The number of anilines is 2. The summed E-state index contributed by atoms with van der Waals surface area (Å²) in [5.74, 6) is 0.349. The Kier molecular flexibility index (Phi) is 7.09. The molecule has 0 aliphatic carbocycles. The third-order valence-corrected chi connectivity index (χ3v) is 8.35. The molecule has 0 radical (unpaired) electrons. The van der Waals surface area contributed by atoms with E-state index in [-0.39, 0.29) is 11.5 Å². The van der Waals surface area contributed by atoms with Gasteiger partial charge >= 0.3 is 0 Å². The standard InChI is InChI=1S/C32H30N4O3S/c1-21-28(30(37)34-24-10-4-3-5-11-24)29(23-9-8-12-26(20-23)39-2)36-31(38)27(40-32(36)33-21)19-22-13-15-25(16-14-22)35-17-6-7-18-35/h3-5,8-16,19-20,29H,6-7,17-18H2,1-2H3,(H,34,37)/b27-19+/t29-/m0/s1. The van der Waals surface area contributed by atoms with Crippen LogP contribution in [-0.2, 0) is 4.79 Å². The van der Waals surface area contributed by atoms with E-state index in [0.29, 0.717) is 32.0 Å². The van der Waals surface area contributed by atoms with Gasteiger partial charge in [-0.1, -0.05) is 53.8 Å². The van der Waals surface area contributed by atoms with Gasteiger partial charge in [-0.2, -0.15) is 0 Å². The second-order valence-electron chi connectivity index (χ2n) is 9.96. The fourth-order valence-electron chi connectivity index (χ4n) is 5.37. The number of methoxy groups -OCH3 is 1. The monoisotopic (exact) mass is 550 g/mol. The number of nitrogens with zero attached hydrogens (tertiary/aromatic N) is 3. The summed E-state index contributed by atoms with van der Waals surface area (Å²) in [6.07, 6.45) is 4.35. The first kappa shape index (κ1) is 25.8. The van der Waals surface area contributed by atoms with Crippen molar-refractivity contribution < 1.29 is 9.53 Å². The zero-order chi connectivity index (χ0) is 27.6. The van der Waals surface area contributed by atoms with Crippen molar-refractivity contribution in [1.29, 1.82) is 0 Å². The Morgan fingerprint density at radius 3 is 2.50 bits per heavy atom. The van der Waals surface area contributed by atoms with E-state index in [4.69, 9.17) is 9.73 Å². The molecule has 1 amide bonds. The van der Waals surface area contributed by atoms with Crippen molar-refractivity contribution in [1.82, 2.24) is 4.57 Å². The molecule has 1 N–H and O–H groups in total. The van der Waals surface area contributed by atoms with Gasteiger partial charge in [0.15, 0.2) is 4.80 Å². The minimum Gasteiger partial charge on any atom is -0.497 e. The zero-order valence-electron chi connectivity index (χ0n) is 22.5. The highest BCUT2D eigenvalue weighted by molar-refractivity contribution is 7.07. The molecular weight excluding hydrogens is 520 g/mol. The highest BCUT2D eigenvalue weighted by Crippen LogP contribution is 2.32. The Morgan fingerprint density at radius 1 is 1.02 bits per heavy atom. The van der Waals surface area contributed by atoms with Gasteiger partial charge in [0.1, 0.15) is 5.75 Å². The fourth-order valence-corrected chi connectivity index (χ4v) is 6.41. The number of fused-ring (bicyclic) bond motifs is 1. The average molecular weight is 551 g/mol. The molecule has 1 saturated heterocycles. The Balaban J connectivity index is 1.44. The fraction of sp³-hybridized carbons (Fsp3) is 0.219. The molecule has 2 aliphatic rings. The first-order valence-electron chi connectivity index (χ1n) is 13.4. The minimum absolute atomic E-state index is 0.183. The number of hydrogen-bond acceptors (Lipinski definition) is 6. The highest BCUT2D eigenvalue weighted by atomic mass is 32.1. The lowest BCUT2D eigenvalue weighted by Gasteiger charge is -2.25. The SMILES string of the molecule is COc1cccc([C@H]2C(C(=O)Nc3ccccc3)=C(C)N=c3s/c(=C/c4ccc(N5CCCC5)cc4)c(=O)n32)c1. The number of ether oxygens (including phenoxy) is 1. The van der Waals surface area contributed by atoms with Crippen LogP contribution in [0.25, 0.3) is 6.08 Å². The largest absolute Gasteiger partial charge is 0.497 e. The van der Waals surface area contributed by atoms with Crippen LogP contribution in [0.3, 0.4) is 0 Å². The molecule has 1 atom stereocenters. The molecule has 6 rings (SSSR count). The normalized spacial score (nSPS) is 17.0. The Morgan fingerprint density at radius 2 is 1.77 bits per heavy atom. The van der Waals surface area contributed by atoms with E-state index < -0.39 is 6.04 Å². The minimum atomic E-state index is -0.658. The smallest absolute Gasteiger partial charge is 0.271 e. The molecule has 1 fully saturated rings. The quantitative estimate of drug-likeness (QED) is 0.384. The second kappa shape index (κ2) is 11.0. The van der Waals surface area contributed by atoms with Crippen LogP contribution < -0.4 is 29.8 Å². The van der Waals surface area contributed by atoms with Crippen molar-refractivity contribution in [3.05, 3.63) is 121 Å². The van der Waals surface area contributed by atoms with Gasteiger partial charge in [-0.05, 0) is 73.4 Å². The summed E-state index contributed by atoms with van der Waals surface area (Å²) >= 11 is 1.34. The lowest BCUT2D eigenvalue weighted by Crippen LogP contribution is -2.40. The van der Waals surface area contributed by atoms with E-state index in [2.05, 4.69) is 34.5 Å². The number of benzene rings is 3. The molecular formula is C32H30N4O3S. The molecule has 40 heavy (non-hydrogen) atoms. The van der Waals surface area contributed by atoms with E-state index in [1.165, 1.54) is 29.9 Å². The average Bonchev–Trinajstić information content (AvgIpc) is 3.62. The summed E-state index contributed by atoms with van der Waals surface area (Å²) in [5, 5.41) is 2.98. The van der Waals surface area contributed by atoms with Crippen molar-refractivity contribution in [2.24, 2.45) is 4.99 Å². The molecule has 202 valence electrons. The Labute approximate surface area is 236 Å². The van der Waals surface area contributed by atoms with E-state index in [1.807, 2.05) is 67.6 Å². The molecule has 3 aromatic carbocycles. The maximum atomic E-state index is 14.0. The van der Waals surface area contributed by atoms with E-state index in [9.17, 15) is 9.59 Å². The van der Waals surface area contributed by atoms with Crippen LogP contribution in [-0.4, -0.2) is 30.7 Å². The van der Waals surface area contributed by atoms with Gasteiger partial charge in [0, 0.05) is 24.5 Å². The highest BCUT2D eigenvalue weighted by Gasteiger charge is 2.32. The van der Waals surface area contributed by atoms with E-state index in [0.717, 1.165) is 24.2 Å². The first-order chi connectivity index (χ1) is 19.5. The number of thiazole rings is 1. The molecule has 3 heterocycles. The third-order valence-electron chi connectivity index (χ3n) is 7.37. The number of allylic oxidation sites excluding steroid dienone is 1. The molecule has 2 aliphatic heterocycles. The molecule has 1 aromatic heterocycles. The first-order valence-corrected chi connectivity index (χ1v) is 14.2. The van der Waals surface area contributed by atoms with Crippen molar-refractivity contribution >= 4 is 34.7 Å². The number of aromatic nitrogens is 1. The maximum Gasteiger partial charge on any atom is 0.271 e. The Hall–Kier alpha value is -4.43. The second-order valence-corrected chi connectivity index (χ2v) is 11.0. The number of amides is 1. The number of carbonyl (C=O) groups excluding carboxylic acids is 1. The molecule has 7 nitrogen and oxygen atoms in total. The van der Waals surface area contributed by atoms with Crippen molar-refractivity contribution in [3.63, 3.8) is 0 Å².